The minimum absolute atomic E-state index is 0.221. The van der Waals surface area contributed by atoms with Crippen molar-refractivity contribution in [3.05, 3.63) is 42.1 Å². The quantitative estimate of drug-likeness (QED) is 0.677. The van der Waals surface area contributed by atoms with E-state index in [-0.39, 0.29) is 17.5 Å². The van der Waals surface area contributed by atoms with Crippen molar-refractivity contribution in [2.24, 2.45) is 0 Å². The molecule has 1 saturated carbocycles. The predicted molar refractivity (Wildman–Crippen MR) is 98.9 cm³/mol. The molecule has 0 radical (unpaired) electrons. The van der Waals surface area contributed by atoms with Crippen LogP contribution in [0.1, 0.15) is 32.1 Å². The average Bonchev–Trinajstić information content (AvgIpc) is 2.68. The summed E-state index contributed by atoms with van der Waals surface area (Å²) in [6.45, 7) is 3.42. The average molecular weight is 338 g/mol. The van der Waals surface area contributed by atoms with E-state index in [1.807, 2.05) is 18.2 Å². The summed E-state index contributed by atoms with van der Waals surface area (Å²) in [7, 11) is 0. The molecule has 2 fully saturated rings. The number of hydrogen-bond acceptors (Lipinski definition) is 4. The van der Waals surface area contributed by atoms with Crippen LogP contribution in [0.4, 0.5) is 5.69 Å². The summed E-state index contributed by atoms with van der Waals surface area (Å²) in [5.74, 6) is -0.222. The van der Waals surface area contributed by atoms with E-state index in [2.05, 4.69) is 33.3 Å². The van der Waals surface area contributed by atoms with Gasteiger partial charge in [-0.05, 0) is 25.0 Å². The van der Waals surface area contributed by atoms with Gasteiger partial charge in [-0.1, -0.05) is 37.5 Å². The molecule has 0 bridgehead atoms. The van der Waals surface area contributed by atoms with Crippen molar-refractivity contribution in [2.45, 2.75) is 38.1 Å². The van der Waals surface area contributed by atoms with Gasteiger partial charge in [0.05, 0.1) is 0 Å². The molecule has 0 aromatic heterocycles. The maximum Gasteiger partial charge on any atom is 0.263 e. The lowest BCUT2D eigenvalue weighted by molar-refractivity contribution is -0.118. The molecule has 0 spiro atoms. The summed E-state index contributed by atoms with van der Waals surface area (Å²) >= 11 is 0. The van der Waals surface area contributed by atoms with E-state index in [9.17, 15) is 10.1 Å². The van der Waals surface area contributed by atoms with Crippen molar-refractivity contribution in [3.63, 3.8) is 0 Å². The Labute approximate surface area is 149 Å². The SMILES string of the molecule is N#C/C(=C/N1CCN(c2ccccc2)CC1)C(=O)NC1CCCCC1. The zero-order valence-corrected chi connectivity index (χ0v) is 14.7. The Morgan fingerprint density at radius 1 is 1.08 bits per heavy atom. The van der Waals surface area contributed by atoms with Crippen LogP contribution in [0, 0.1) is 11.3 Å². The number of carbonyl (C=O) groups excluding carboxylic acids is 1. The number of benzene rings is 1. The smallest absolute Gasteiger partial charge is 0.263 e. The first-order valence-electron chi connectivity index (χ1n) is 9.23. The highest BCUT2D eigenvalue weighted by Crippen LogP contribution is 2.18. The molecule has 1 saturated heterocycles. The number of nitrogens with one attached hydrogen (secondary N) is 1. The zero-order valence-electron chi connectivity index (χ0n) is 14.7. The van der Waals surface area contributed by atoms with E-state index in [1.54, 1.807) is 6.20 Å². The normalized spacial score (nSPS) is 19.4. The molecule has 25 heavy (non-hydrogen) atoms. The van der Waals surface area contributed by atoms with Crippen LogP contribution in [0.2, 0.25) is 0 Å². The highest BCUT2D eigenvalue weighted by Gasteiger charge is 2.20. The van der Waals surface area contributed by atoms with Gasteiger partial charge in [0.15, 0.2) is 0 Å². The van der Waals surface area contributed by atoms with Crippen molar-refractivity contribution < 1.29 is 4.79 Å². The Bertz CT molecular complexity index is 635. The lowest BCUT2D eigenvalue weighted by atomic mass is 9.95. The van der Waals surface area contributed by atoms with Gasteiger partial charge in [-0.25, -0.2) is 0 Å². The van der Waals surface area contributed by atoms with E-state index >= 15 is 0 Å². The predicted octanol–water partition coefficient (Wildman–Crippen LogP) is 2.66. The lowest BCUT2D eigenvalue weighted by Crippen LogP contribution is -2.44. The maximum atomic E-state index is 12.4. The summed E-state index contributed by atoms with van der Waals surface area (Å²) in [5, 5.41) is 12.4. The van der Waals surface area contributed by atoms with Gasteiger partial charge < -0.3 is 15.1 Å². The second-order valence-corrected chi connectivity index (χ2v) is 6.82. The molecule has 1 N–H and O–H groups in total. The standard InChI is InChI=1S/C20H26N4O/c21-15-17(20(25)22-18-7-3-1-4-8-18)16-23-11-13-24(14-12-23)19-9-5-2-6-10-19/h2,5-6,9-10,16,18H,1,3-4,7-8,11-14H2,(H,22,25)/b17-16-. The van der Waals surface area contributed by atoms with Crippen molar-refractivity contribution in [1.29, 1.82) is 5.26 Å². The Hall–Kier alpha value is -2.48. The lowest BCUT2D eigenvalue weighted by Gasteiger charge is -2.35. The van der Waals surface area contributed by atoms with Gasteiger partial charge in [-0.15, -0.1) is 0 Å². The van der Waals surface area contributed by atoms with Gasteiger partial charge in [0.2, 0.25) is 0 Å². The topological polar surface area (TPSA) is 59.4 Å². The molecule has 1 aliphatic carbocycles. The molecular formula is C20H26N4O. The number of piperazine rings is 1. The van der Waals surface area contributed by atoms with Crippen molar-refractivity contribution in [3.8, 4) is 6.07 Å². The first-order valence-corrected chi connectivity index (χ1v) is 9.23. The van der Waals surface area contributed by atoms with Gasteiger partial charge in [-0.3, -0.25) is 4.79 Å². The monoisotopic (exact) mass is 338 g/mol. The summed E-state index contributed by atoms with van der Waals surface area (Å²) in [6, 6.07) is 12.6. The summed E-state index contributed by atoms with van der Waals surface area (Å²) < 4.78 is 0. The summed E-state index contributed by atoms with van der Waals surface area (Å²) in [6.07, 6.45) is 7.37. The molecule has 132 valence electrons. The Kier molecular flexibility index (Phi) is 5.95. The third kappa shape index (κ3) is 4.76. The fourth-order valence-corrected chi connectivity index (χ4v) is 3.58. The molecule has 1 heterocycles. The number of para-hydroxylation sites is 1. The Morgan fingerprint density at radius 2 is 1.76 bits per heavy atom. The summed E-state index contributed by atoms with van der Waals surface area (Å²) in [4.78, 5) is 16.8. The maximum absolute atomic E-state index is 12.4. The molecule has 1 aromatic rings. The van der Waals surface area contributed by atoms with E-state index in [1.165, 1.54) is 12.1 Å². The molecule has 0 atom stereocenters. The Morgan fingerprint density at radius 3 is 2.40 bits per heavy atom. The van der Waals surface area contributed by atoms with Crippen LogP contribution in [-0.2, 0) is 4.79 Å². The van der Waals surface area contributed by atoms with Gasteiger partial charge >= 0.3 is 0 Å². The van der Waals surface area contributed by atoms with Crippen molar-refractivity contribution in [1.82, 2.24) is 10.2 Å². The number of hydrogen-bond donors (Lipinski definition) is 1. The minimum Gasteiger partial charge on any atom is -0.373 e. The number of nitrogens with zero attached hydrogens (tertiary/aromatic N) is 3. The van der Waals surface area contributed by atoms with E-state index in [0.717, 1.165) is 51.9 Å². The number of amides is 1. The molecule has 5 nitrogen and oxygen atoms in total. The number of carbonyl (C=O) groups is 1. The Balaban J connectivity index is 1.54. The third-order valence-corrected chi connectivity index (χ3v) is 5.05. The first-order chi connectivity index (χ1) is 12.3. The number of nitriles is 1. The van der Waals surface area contributed by atoms with Crippen molar-refractivity contribution in [2.75, 3.05) is 31.1 Å². The van der Waals surface area contributed by atoms with Crippen LogP contribution in [0.25, 0.3) is 0 Å². The van der Waals surface area contributed by atoms with Gasteiger partial charge in [0, 0.05) is 44.1 Å². The van der Waals surface area contributed by atoms with E-state index in [0.29, 0.717) is 0 Å². The van der Waals surface area contributed by atoms with Gasteiger partial charge in [0.25, 0.3) is 5.91 Å². The van der Waals surface area contributed by atoms with E-state index in [4.69, 9.17) is 0 Å². The fraction of sp³-hybridized carbons (Fsp3) is 0.500. The molecule has 1 aliphatic heterocycles. The fourth-order valence-electron chi connectivity index (χ4n) is 3.58. The second-order valence-electron chi connectivity index (χ2n) is 6.82. The highest BCUT2D eigenvalue weighted by molar-refractivity contribution is 5.97. The van der Waals surface area contributed by atoms with Gasteiger partial charge in [0.1, 0.15) is 11.6 Å². The molecule has 2 aliphatic rings. The van der Waals surface area contributed by atoms with Crippen LogP contribution in [0.5, 0.6) is 0 Å². The van der Waals surface area contributed by atoms with Crippen LogP contribution in [0.3, 0.4) is 0 Å². The van der Waals surface area contributed by atoms with Crippen LogP contribution in [-0.4, -0.2) is 43.0 Å². The first kappa shape index (κ1) is 17.3. The minimum atomic E-state index is -0.222. The molecule has 0 unspecified atom stereocenters. The molecule has 5 heteroatoms. The largest absolute Gasteiger partial charge is 0.373 e. The van der Waals surface area contributed by atoms with Crippen LogP contribution >= 0.6 is 0 Å². The summed E-state index contributed by atoms with van der Waals surface area (Å²) in [5.41, 5.74) is 1.44. The van der Waals surface area contributed by atoms with Crippen LogP contribution in [0.15, 0.2) is 42.1 Å². The number of rotatable bonds is 4. The molecular weight excluding hydrogens is 312 g/mol. The van der Waals surface area contributed by atoms with Gasteiger partial charge in [-0.2, -0.15) is 5.26 Å². The van der Waals surface area contributed by atoms with Crippen molar-refractivity contribution >= 4 is 11.6 Å². The number of anilines is 1. The highest BCUT2D eigenvalue weighted by atomic mass is 16.1. The second kappa shape index (κ2) is 8.57. The zero-order chi connectivity index (χ0) is 17.5. The third-order valence-electron chi connectivity index (χ3n) is 5.05. The van der Waals surface area contributed by atoms with E-state index < -0.39 is 0 Å². The molecule has 1 aromatic carbocycles. The van der Waals surface area contributed by atoms with Crippen LogP contribution < -0.4 is 10.2 Å². The molecule has 1 amide bonds. The molecule has 3 rings (SSSR count).